The first-order chi connectivity index (χ1) is 13.6. The molecule has 1 aliphatic rings. The zero-order valence-corrected chi connectivity index (χ0v) is 16.0. The van der Waals surface area contributed by atoms with Crippen LogP contribution in [0.2, 0.25) is 0 Å². The van der Waals surface area contributed by atoms with Crippen LogP contribution in [0.25, 0.3) is 11.0 Å². The van der Waals surface area contributed by atoms with Gasteiger partial charge in [-0.3, -0.25) is 4.79 Å². The van der Waals surface area contributed by atoms with E-state index in [2.05, 4.69) is 9.97 Å². The van der Waals surface area contributed by atoms with Gasteiger partial charge in [0.1, 0.15) is 5.82 Å². The Morgan fingerprint density at radius 1 is 1.14 bits per heavy atom. The highest BCUT2D eigenvalue weighted by atomic mass is 16.5. The third-order valence-electron chi connectivity index (χ3n) is 5.42. The molecule has 1 aliphatic heterocycles. The van der Waals surface area contributed by atoms with Gasteiger partial charge in [-0.2, -0.15) is 0 Å². The molecular formula is C22H23N3O3. The van der Waals surface area contributed by atoms with Gasteiger partial charge in [-0.05, 0) is 31.0 Å². The molecule has 6 heteroatoms. The Labute approximate surface area is 163 Å². The van der Waals surface area contributed by atoms with Gasteiger partial charge in [-0.1, -0.05) is 49.4 Å². The minimum atomic E-state index is -1.24. The Balaban J connectivity index is 1.86. The van der Waals surface area contributed by atoms with E-state index >= 15 is 0 Å². The van der Waals surface area contributed by atoms with Crippen molar-refractivity contribution in [2.24, 2.45) is 5.92 Å². The molecule has 6 nitrogen and oxygen atoms in total. The first-order valence-corrected chi connectivity index (χ1v) is 9.60. The summed E-state index contributed by atoms with van der Waals surface area (Å²) in [7, 11) is 0. The molecule has 1 saturated heterocycles. The van der Waals surface area contributed by atoms with Crippen LogP contribution >= 0.6 is 0 Å². The van der Waals surface area contributed by atoms with Gasteiger partial charge in [0.25, 0.3) is 0 Å². The van der Waals surface area contributed by atoms with Crippen LogP contribution in [0, 0.1) is 5.92 Å². The van der Waals surface area contributed by atoms with Crippen LogP contribution < -0.4 is 0 Å². The molecule has 2 unspecified atom stereocenters. The van der Waals surface area contributed by atoms with Crippen molar-refractivity contribution < 1.29 is 14.3 Å². The molecule has 1 amide bonds. The maximum absolute atomic E-state index is 13.3. The van der Waals surface area contributed by atoms with Crippen molar-refractivity contribution in [2.45, 2.75) is 32.4 Å². The lowest BCUT2D eigenvalue weighted by atomic mass is 9.70. The number of hydrogen-bond donors (Lipinski definition) is 1. The summed E-state index contributed by atoms with van der Waals surface area (Å²) in [5.41, 5.74) is 1.30. The van der Waals surface area contributed by atoms with Gasteiger partial charge in [0, 0.05) is 6.54 Å². The minimum absolute atomic E-state index is 0.0557. The van der Waals surface area contributed by atoms with E-state index in [1.807, 2.05) is 61.5 Å². The number of β-lactam (4-membered cyclic amide) rings is 1. The largest absolute Gasteiger partial charge is 0.464 e. The molecule has 2 aromatic carbocycles. The molecule has 2 atom stereocenters. The minimum Gasteiger partial charge on any atom is -0.464 e. The van der Waals surface area contributed by atoms with Crippen LogP contribution in [-0.2, 0) is 26.4 Å². The Kier molecular flexibility index (Phi) is 4.63. The second-order valence-electron chi connectivity index (χ2n) is 6.96. The molecule has 1 fully saturated rings. The lowest BCUT2D eigenvalue weighted by Crippen LogP contribution is -2.72. The van der Waals surface area contributed by atoms with Crippen molar-refractivity contribution in [1.82, 2.24) is 14.9 Å². The fraction of sp³-hybridized carbons (Fsp3) is 0.318. The van der Waals surface area contributed by atoms with Gasteiger partial charge in [-0.15, -0.1) is 0 Å². The van der Waals surface area contributed by atoms with Crippen molar-refractivity contribution in [2.75, 3.05) is 6.61 Å². The monoisotopic (exact) mass is 377 g/mol. The van der Waals surface area contributed by atoms with E-state index in [1.54, 1.807) is 11.8 Å². The standard InChI is InChI=1S/C22H23N3O3/c1-3-16-19(26)25(14-15-10-6-5-7-11-15)22(16,21(27)28-4-2)20-23-17-12-8-9-13-18(17)24-20/h5-13,16H,3-4,14H2,1-2H3,(H,23,24). The number of hydrogen-bond acceptors (Lipinski definition) is 4. The van der Waals surface area contributed by atoms with Crippen molar-refractivity contribution >= 4 is 22.9 Å². The summed E-state index contributed by atoms with van der Waals surface area (Å²) in [6, 6.07) is 17.3. The third kappa shape index (κ3) is 2.59. The van der Waals surface area contributed by atoms with Crippen LogP contribution in [0.3, 0.4) is 0 Å². The number of amides is 1. The summed E-state index contributed by atoms with van der Waals surface area (Å²) in [6.07, 6.45) is 0.528. The first-order valence-electron chi connectivity index (χ1n) is 9.60. The number of nitrogens with one attached hydrogen (secondary N) is 1. The van der Waals surface area contributed by atoms with Gasteiger partial charge in [0.15, 0.2) is 0 Å². The number of carbonyl (C=O) groups excluding carboxylic acids is 2. The van der Waals surface area contributed by atoms with Crippen LogP contribution in [-0.4, -0.2) is 33.4 Å². The van der Waals surface area contributed by atoms with Crippen molar-refractivity contribution in [3.05, 3.63) is 66.0 Å². The molecule has 144 valence electrons. The lowest BCUT2D eigenvalue weighted by molar-refractivity contribution is -0.196. The highest BCUT2D eigenvalue weighted by Gasteiger charge is 2.67. The van der Waals surface area contributed by atoms with Crippen molar-refractivity contribution in [1.29, 1.82) is 0 Å². The van der Waals surface area contributed by atoms with E-state index in [1.165, 1.54) is 0 Å². The molecule has 0 aliphatic carbocycles. The van der Waals surface area contributed by atoms with Gasteiger partial charge < -0.3 is 14.6 Å². The predicted molar refractivity (Wildman–Crippen MR) is 105 cm³/mol. The molecule has 1 N–H and O–H groups in total. The summed E-state index contributed by atoms with van der Waals surface area (Å²) >= 11 is 0. The van der Waals surface area contributed by atoms with E-state index in [0.717, 1.165) is 16.6 Å². The Morgan fingerprint density at radius 2 is 1.86 bits per heavy atom. The summed E-state index contributed by atoms with van der Waals surface area (Å²) in [5.74, 6) is -0.526. The van der Waals surface area contributed by atoms with E-state index in [-0.39, 0.29) is 12.5 Å². The SMILES string of the molecule is CCOC(=O)C1(c2nc3ccccc3[nH]2)C(CC)C(=O)N1Cc1ccccc1. The number of fused-ring (bicyclic) bond motifs is 1. The van der Waals surface area contributed by atoms with Crippen molar-refractivity contribution in [3.8, 4) is 0 Å². The summed E-state index contributed by atoms with van der Waals surface area (Å²) in [4.78, 5) is 35.8. The fourth-order valence-corrected chi connectivity index (χ4v) is 4.12. The topological polar surface area (TPSA) is 75.3 Å². The zero-order valence-electron chi connectivity index (χ0n) is 16.0. The number of esters is 1. The summed E-state index contributed by atoms with van der Waals surface area (Å²) < 4.78 is 5.46. The molecule has 0 radical (unpaired) electrons. The number of imidazole rings is 1. The van der Waals surface area contributed by atoms with Crippen molar-refractivity contribution in [3.63, 3.8) is 0 Å². The zero-order chi connectivity index (χ0) is 19.7. The van der Waals surface area contributed by atoms with Crippen LogP contribution in [0.1, 0.15) is 31.7 Å². The highest BCUT2D eigenvalue weighted by molar-refractivity contribution is 6.01. The number of aromatic amines is 1. The van der Waals surface area contributed by atoms with Crippen LogP contribution in [0.5, 0.6) is 0 Å². The quantitative estimate of drug-likeness (QED) is 0.528. The Bertz CT molecular complexity index is 981. The number of benzene rings is 2. The summed E-state index contributed by atoms with van der Waals surface area (Å²) in [5, 5.41) is 0. The number of nitrogens with zero attached hydrogens (tertiary/aromatic N) is 2. The highest BCUT2D eigenvalue weighted by Crippen LogP contribution is 2.49. The smallest absolute Gasteiger partial charge is 0.340 e. The number of likely N-dealkylation sites (tertiary alicyclic amines) is 1. The third-order valence-corrected chi connectivity index (χ3v) is 5.42. The molecule has 0 spiro atoms. The number of aromatic nitrogens is 2. The summed E-state index contributed by atoms with van der Waals surface area (Å²) in [6.45, 7) is 4.25. The molecule has 1 aromatic heterocycles. The average Bonchev–Trinajstić information content (AvgIpc) is 3.14. The van der Waals surface area contributed by atoms with E-state index in [4.69, 9.17) is 4.74 Å². The fourth-order valence-electron chi connectivity index (χ4n) is 4.12. The second-order valence-corrected chi connectivity index (χ2v) is 6.96. The number of ether oxygens (including phenoxy) is 1. The Morgan fingerprint density at radius 3 is 2.54 bits per heavy atom. The molecular weight excluding hydrogens is 354 g/mol. The first kappa shape index (κ1) is 18.2. The lowest BCUT2D eigenvalue weighted by Gasteiger charge is -2.54. The average molecular weight is 377 g/mol. The van der Waals surface area contributed by atoms with Crippen LogP contribution in [0.4, 0.5) is 0 Å². The number of carbonyl (C=O) groups is 2. The van der Waals surface area contributed by atoms with Crippen LogP contribution in [0.15, 0.2) is 54.6 Å². The van der Waals surface area contributed by atoms with Gasteiger partial charge >= 0.3 is 5.97 Å². The molecule has 28 heavy (non-hydrogen) atoms. The Hall–Kier alpha value is -3.15. The van der Waals surface area contributed by atoms with Gasteiger partial charge in [0.2, 0.25) is 11.4 Å². The molecule has 0 bridgehead atoms. The van der Waals surface area contributed by atoms with Gasteiger partial charge in [0.05, 0.1) is 23.6 Å². The molecule has 3 aromatic rings. The van der Waals surface area contributed by atoms with E-state index in [0.29, 0.717) is 18.8 Å². The number of para-hydroxylation sites is 2. The number of rotatable bonds is 6. The second kappa shape index (κ2) is 7.11. The predicted octanol–water partition coefficient (Wildman–Crippen LogP) is 3.39. The number of H-pyrrole nitrogens is 1. The van der Waals surface area contributed by atoms with E-state index in [9.17, 15) is 9.59 Å². The molecule has 4 rings (SSSR count). The maximum atomic E-state index is 13.3. The molecule has 0 saturated carbocycles. The van der Waals surface area contributed by atoms with E-state index < -0.39 is 17.4 Å². The van der Waals surface area contributed by atoms with Gasteiger partial charge in [-0.25, -0.2) is 9.78 Å². The normalized spacial score (nSPS) is 21.6. The molecule has 2 heterocycles. The maximum Gasteiger partial charge on any atom is 0.340 e.